The van der Waals surface area contributed by atoms with Crippen LogP contribution in [0.15, 0.2) is 24.3 Å². The van der Waals surface area contributed by atoms with Crippen molar-refractivity contribution in [3.05, 3.63) is 34.9 Å². The van der Waals surface area contributed by atoms with Gasteiger partial charge in [-0.2, -0.15) is 0 Å². The smallest absolute Gasteiger partial charge is 0.317 e. The average molecular weight is 380 g/mol. The molecule has 6 nitrogen and oxygen atoms in total. The van der Waals surface area contributed by atoms with Crippen LogP contribution >= 0.6 is 11.6 Å². The number of aliphatic carboxylic acids is 1. The number of halogens is 1. The summed E-state index contributed by atoms with van der Waals surface area (Å²) in [5, 5.41) is 15.7. The van der Waals surface area contributed by atoms with Crippen molar-refractivity contribution in [3.8, 4) is 0 Å². The molecule has 3 rings (SSSR count). The fraction of sp³-hybridized carbons (Fsp3) is 0.579. The van der Waals surface area contributed by atoms with Gasteiger partial charge >= 0.3 is 12.0 Å². The second-order valence-corrected chi connectivity index (χ2v) is 7.69. The van der Waals surface area contributed by atoms with Crippen LogP contribution < -0.4 is 10.6 Å². The Morgan fingerprint density at radius 2 is 1.77 bits per heavy atom. The molecule has 0 atom stereocenters. The Hall–Kier alpha value is -1.79. The Bertz CT molecular complexity index is 657. The highest BCUT2D eigenvalue weighted by Gasteiger charge is 2.36. The van der Waals surface area contributed by atoms with Crippen LogP contribution in [0.4, 0.5) is 4.79 Å². The predicted molar refractivity (Wildman–Crippen MR) is 101 cm³/mol. The molecule has 2 amide bonds. The lowest BCUT2D eigenvalue weighted by molar-refractivity contribution is -0.139. The lowest BCUT2D eigenvalue weighted by Crippen LogP contribution is -2.58. The Kier molecular flexibility index (Phi) is 6.04. The van der Waals surface area contributed by atoms with E-state index in [-0.39, 0.29) is 30.7 Å². The molecule has 0 spiro atoms. The van der Waals surface area contributed by atoms with E-state index in [1.54, 1.807) is 0 Å². The van der Waals surface area contributed by atoms with E-state index < -0.39 is 5.97 Å². The van der Waals surface area contributed by atoms with Crippen molar-refractivity contribution < 1.29 is 14.7 Å². The van der Waals surface area contributed by atoms with Gasteiger partial charge in [0.1, 0.15) is 0 Å². The summed E-state index contributed by atoms with van der Waals surface area (Å²) in [7, 11) is 0. The van der Waals surface area contributed by atoms with Gasteiger partial charge in [-0.05, 0) is 49.8 Å². The number of carbonyl (C=O) groups is 2. The van der Waals surface area contributed by atoms with Crippen molar-refractivity contribution in [2.24, 2.45) is 0 Å². The minimum Gasteiger partial charge on any atom is -0.480 e. The summed E-state index contributed by atoms with van der Waals surface area (Å²) < 4.78 is 0. The van der Waals surface area contributed by atoms with E-state index in [0.717, 1.165) is 36.3 Å². The highest BCUT2D eigenvalue weighted by atomic mass is 35.5. The number of carboxylic acids is 1. The van der Waals surface area contributed by atoms with Crippen molar-refractivity contribution in [1.82, 2.24) is 15.5 Å². The van der Waals surface area contributed by atoms with E-state index in [0.29, 0.717) is 12.5 Å². The molecule has 2 aliphatic carbocycles. The molecule has 2 fully saturated rings. The Morgan fingerprint density at radius 3 is 2.35 bits per heavy atom. The zero-order valence-corrected chi connectivity index (χ0v) is 15.7. The van der Waals surface area contributed by atoms with Crippen LogP contribution in [0.25, 0.3) is 0 Å². The summed E-state index contributed by atoms with van der Waals surface area (Å²) in [6.07, 6.45) is 3.43. The fourth-order valence-electron chi connectivity index (χ4n) is 3.88. The first-order valence-electron chi connectivity index (χ1n) is 9.23. The second-order valence-electron chi connectivity index (χ2n) is 7.28. The zero-order valence-electron chi connectivity index (χ0n) is 15.0. The SMILES string of the molecule is CCN(CC(=O)O)C1CC(NC(=O)NC2CC(c3ccccc3Cl)C2)C1. The van der Waals surface area contributed by atoms with E-state index in [1.165, 1.54) is 0 Å². The molecule has 1 aromatic rings. The minimum absolute atomic E-state index is 0.0611. The lowest BCUT2D eigenvalue weighted by atomic mass is 9.76. The van der Waals surface area contributed by atoms with Crippen molar-refractivity contribution in [1.29, 1.82) is 0 Å². The van der Waals surface area contributed by atoms with Crippen LogP contribution in [0.1, 0.15) is 44.1 Å². The summed E-state index contributed by atoms with van der Waals surface area (Å²) in [5.41, 5.74) is 1.16. The van der Waals surface area contributed by atoms with Crippen LogP contribution in [-0.4, -0.2) is 53.2 Å². The van der Waals surface area contributed by atoms with Gasteiger partial charge in [0.2, 0.25) is 0 Å². The summed E-state index contributed by atoms with van der Waals surface area (Å²) in [6.45, 7) is 2.73. The van der Waals surface area contributed by atoms with Crippen LogP contribution in [0, 0.1) is 0 Å². The van der Waals surface area contributed by atoms with Crippen molar-refractivity contribution in [2.45, 2.75) is 56.7 Å². The number of carbonyl (C=O) groups excluding carboxylic acids is 1. The van der Waals surface area contributed by atoms with Gasteiger partial charge in [0, 0.05) is 23.1 Å². The Balaban J connectivity index is 1.35. The summed E-state index contributed by atoms with van der Waals surface area (Å²) in [5.74, 6) is -0.393. The lowest BCUT2D eigenvalue weighted by Gasteiger charge is -2.43. The van der Waals surface area contributed by atoms with E-state index in [1.807, 2.05) is 30.0 Å². The molecule has 0 radical (unpaired) electrons. The number of benzene rings is 1. The molecule has 0 aliphatic heterocycles. The molecule has 0 heterocycles. The van der Waals surface area contributed by atoms with Gasteiger partial charge in [0.05, 0.1) is 6.54 Å². The molecule has 2 saturated carbocycles. The molecule has 0 unspecified atom stereocenters. The van der Waals surface area contributed by atoms with Crippen LogP contribution in [-0.2, 0) is 4.79 Å². The standard InChI is InChI=1S/C19H26ClN3O3/c1-2-23(11-18(24)25)15-9-14(10-15)22-19(26)21-13-7-12(8-13)16-5-3-4-6-17(16)20/h3-6,12-15H,2,7-11H2,1H3,(H,24,25)(H2,21,22,26). The molecule has 26 heavy (non-hydrogen) atoms. The van der Waals surface area contributed by atoms with Gasteiger partial charge in [-0.1, -0.05) is 36.7 Å². The van der Waals surface area contributed by atoms with E-state index >= 15 is 0 Å². The Labute approximate surface area is 158 Å². The van der Waals surface area contributed by atoms with E-state index in [2.05, 4.69) is 16.7 Å². The van der Waals surface area contributed by atoms with E-state index in [9.17, 15) is 9.59 Å². The van der Waals surface area contributed by atoms with Crippen molar-refractivity contribution in [3.63, 3.8) is 0 Å². The number of urea groups is 1. The average Bonchev–Trinajstić information content (AvgIpc) is 2.52. The van der Waals surface area contributed by atoms with Crippen LogP contribution in [0.3, 0.4) is 0 Å². The van der Waals surface area contributed by atoms with Crippen molar-refractivity contribution >= 4 is 23.6 Å². The molecule has 2 aliphatic rings. The molecule has 3 N–H and O–H groups in total. The molecular formula is C19H26ClN3O3. The quantitative estimate of drug-likeness (QED) is 0.680. The number of nitrogens with one attached hydrogen (secondary N) is 2. The van der Waals surface area contributed by atoms with E-state index in [4.69, 9.17) is 16.7 Å². The molecule has 0 bridgehead atoms. The first-order chi connectivity index (χ1) is 12.5. The highest BCUT2D eigenvalue weighted by molar-refractivity contribution is 6.31. The second kappa shape index (κ2) is 8.27. The first-order valence-corrected chi connectivity index (χ1v) is 9.61. The number of carboxylic acid groups (broad SMARTS) is 1. The molecular weight excluding hydrogens is 354 g/mol. The number of rotatable bonds is 7. The third-order valence-corrected chi connectivity index (χ3v) is 5.87. The molecule has 142 valence electrons. The maximum Gasteiger partial charge on any atom is 0.317 e. The first kappa shape index (κ1) is 19.0. The minimum atomic E-state index is -0.806. The summed E-state index contributed by atoms with van der Waals surface area (Å²) in [4.78, 5) is 24.9. The number of hydrogen-bond acceptors (Lipinski definition) is 3. The number of amides is 2. The zero-order chi connectivity index (χ0) is 18.7. The third kappa shape index (κ3) is 4.48. The summed E-state index contributed by atoms with van der Waals surface area (Å²) in [6, 6.07) is 8.30. The summed E-state index contributed by atoms with van der Waals surface area (Å²) >= 11 is 6.22. The highest BCUT2D eigenvalue weighted by Crippen LogP contribution is 2.39. The number of likely N-dealkylation sites (N-methyl/N-ethyl adjacent to an activating group) is 1. The topological polar surface area (TPSA) is 81.7 Å². The van der Waals surface area contributed by atoms with Gasteiger partial charge in [-0.3, -0.25) is 9.69 Å². The fourth-order valence-corrected chi connectivity index (χ4v) is 4.17. The van der Waals surface area contributed by atoms with Gasteiger partial charge in [0.15, 0.2) is 0 Å². The van der Waals surface area contributed by atoms with Gasteiger partial charge in [0.25, 0.3) is 0 Å². The van der Waals surface area contributed by atoms with Crippen LogP contribution in [0.2, 0.25) is 5.02 Å². The van der Waals surface area contributed by atoms with Crippen LogP contribution in [0.5, 0.6) is 0 Å². The monoisotopic (exact) mass is 379 g/mol. The number of nitrogens with zero attached hydrogens (tertiary/aromatic N) is 1. The maximum atomic E-state index is 12.1. The van der Waals surface area contributed by atoms with Gasteiger partial charge in [-0.15, -0.1) is 0 Å². The molecule has 1 aromatic carbocycles. The maximum absolute atomic E-state index is 12.1. The molecule has 0 aromatic heterocycles. The largest absolute Gasteiger partial charge is 0.480 e. The third-order valence-electron chi connectivity index (χ3n) is 5.53. The van der Waals surface area contributed by atoms with Gasteiger partial charge in [-0.25, -0.2) is 4.79 Å². The number of hydrogen-bond donors (Lipinski definition) is 3. The van der Waals surface area contributed by atoms with Gasteiger partial charge < -0.3 is 15.7 Å². The normalized spacial score (nSPS) is 27.3. The predicted octanol–water partition coefficient (Wildman–Crippen LogP) is 2.82. The Morgan fingerprint density at radius 1 is 1.15 bits per heavy atom. The molecule has 0 saturated heterocycles. The molecule has 7 heteroatoms. The van der Waals surface area contributed by atoms with Crippen molar-refractivity contribution in [2.75, 3.05) is 13.1 Å².